The van der Waals surface area contributed by atoms with Crippen LogP contribution in [-0.2, 0) is 0 Å². The molecule has 0 aromatic heterocycles. The highest BCUT2D eigenvalue weighted by Gasteiger charge is 2.07. The van der Waals surface area contributed by atoms with Crippen LogP contribution in [-0.4, -0.2) is 7.11 Å². The monoisotopic (exact) mass is 384 g/mol. The van der Waals surface area contributed by atoms with Crippen molar-refractivity contribution in [1.82, 2.24) is 0 Å². The minimum Gasteiger partial charge on any atom is -0.497 e. The summed E-state index contributed by atoms with van der Waals surface area (Å²) in [5.74, 6) is 0.683. The Morgan fingerprint density at radius 1 is 1.21 bits per heavy atom. The third kappa shape index (κ3) is 3.31. The molecule has 0 heterocycles. The van der Waals surface area contributed by atoms with E-state index in [9.17, 15) is 0 Å². The molecule has 0 bridgehead atoms. The molecule has 2 aromatic carbocycles. The quantitative estimate of drug-likeness (QED) is 0.789. The lowest BCUT2D eigenvalue weighted by atomic mass is 10.1. The molecule has 5 heteroatoms. The minimum atomic E-state index is 0.537. The minimum absolute atomic E-state index is 0.537. The van der Waals surface area contributed by atoms with Gasteiger partial charge in [-0.3, -0.25) is 0 Å². The normalized spacial score (nSPS) is 9.79. The number of halogens is 2. The fraction of sp³-hybridized carbons (Fsp3) is 0.0714. The number of hydrogen-bond donors (Lipinski definition) is 1. The van der Waals surface area contributed by atoms with E-state index in [2.05, 4.69) is 34.0 Å². The van der Waals surface area contributed by atoms with Crippen LogP contribution in [0.2, 0.25) is 5.02 Å². The molecular formula is C14H10ClIN2O. The van der Waals surface area contributed by atoms with Crippen molar-refractivity contribution >= 4 is 45.6 Å². The van der Waals surface area contributed by atoms with Gasteiger partial charge in [0.1, 0.15) is 11.8 Å². The molecule has 0 fully saturated rings. The Morgan fingerprint density at radius 3 is 2.63 bits per heavy atom. The number of methoxy groups -OCH3 is 1. The van der Waals surface area contributed by atoms with Gasteiger partial charge in [0.25, 0.3) is 0 Å². The number of anilines is 2. The number of nitrogens with one attached hydrogen (secondary N) is 1. The third-order valence-electron chi connectivity index (χ3n) is 2.55. The Morgan fingerprint density at radius 2 is 2.00 bits per heavy atom. The summed E-state index contributed by atoms with van der Waals surface area (Å²) >= 11 is 8.36. The SMILES string of the molecule is COc1ccc(C#N)c(Nc2ccc(I)cc2Cl)c1. The molecule has 19 heavy (non-hydrogen) atoms. The average molecular weight is 385 g/mol. The zero-order valence-corrected chi connectivity index (χ0v) is 13.0. The maximum absolute atomic E-state index is 9.11. The first-order chi connectivity index (χ1) is 9.13. The predicted octanol–water partition coefficient (Wildman–Crippen LogP) is 4.57. The summed E-state index contributed by atoms with van der Waals surface area (Å²) in [4.78, 5) is 0. The maximum Gasteiger partial charge on any atom is 0.121 e. The lowest BCUT2D eigenvalue weighted by Gasteiger charge is -2.11. The average Bonchev–Trinajstić information content (AvgIpc) is 2.41. The van der Waals surface area contributed by atoms with Crippen LogP contribution in [0, 0.1) is 14.9 Å². The number of ether oxygens (including phenoxy) is 1. The van der Waals surface area contributed by atoms with Crippen molar-refractivity contribution in [1.29, 1.82) is 5.26 Å². The summed E-state index contributed by atoms with van der Waals surface area (Å²) in [5.41, 5.74) is 1.97. The molecule has 0 spiro atoms. The highest BCUT2D eigenvalue weighted by atomic mass is 127. The van der Waals surface area contributed by atoms with Gasteiger partial charge in [-0.1, -0.05) is 11.6 Å². The van der Waals surface area contributed by atoms with Gasteiger partial charge >= 0.3 is 0 Å². The first-order valence-electron chi connectivity index (χ1n) is 5.44. The van der Waals surface area contributed by atoms with E-state index in [1.165, 1.54) is 0 Å². The highest BCUT2D eigenvalue weighted by Crippen LogP contribution is 2.30. The van der Waals surface area contributed by atoms with Crippen LogP contribution in [0.1, 0.15) is 5.56 Å². The lowest BCUT2D eigenvalue weighted by Crippen LogP contribution is -1.96. The molecule has 0 saturated heterocycles. The molecule has 0 aliphatic heterocycles. The van der Waals surface area contributed by atoms with Crippen molar-refractivity contribution in [3.05, 3.63) is 50.6 Å². The van der Waals surface area contributed by atoms with Crippen LogP contribution in [0.5, 0.6) is 5.75 Å². The Bertz CT molecular complexity index is 652. The summed E-state index contributed by atoms with van der Waals surface area (Å²) in [6, 6.07) is 13.0. The van der Waals surface area contributed by atoms with Gasteiger partial charge in [0.2, 0.25) is 0 Å². The number of benzene rings is 2. The van der Waals surface area contributed by atoms with Crippen LogP contribution < -0.4 is 10.1 Å². The predicted molar refractivity (Wildman–Crippen MR) is 85.2 cm³/mol. The molecule has 1 N–H and O–H groups in total. The van der Waals surface area contributed by atoms with Gasteiger partial charge in [-0.15, -0.1) is 0 Å². The topological polar surface area (TPSA) is 45.0 Å². The van der Waals surface area contributed by atoms with Gasteiger partial charge in [-0.05, 0) is 52.9 Å². The molecule has 0 amide bonds. The summed E-state index contributed by atoms with van der Waals surface area (Å²) in [5, 5.41) is 12.9. The molecule has 0 aliphatic rings. The molecule has 2 rings (SSSR count). The Hall–Kier alpha value is -1.45. The summed E-state index contributed by atoms with van der Waals surface area (Å²) in [6.45, 7) is 0. The van der Waals surface area contributed by atoms with Crippen molar-refractivity contribution < 1.29 is 4.74 Å². The second kappa shape index (κ2) is 6.13. The zero-order valence-electron chi connectivity index (χ0n) is 10.1. The standard InChI is InChI=1S/C14H10ClIN2O/c1-19-11-4-2-9(8-17)14(7-11)18-13-5-3-10(16)6-12(13)15/h2-7,18H,1H3. The number of nitriles is 1. The van der Waals surface area contributed by atoms with Gasteiger partial charge in [0.15, 0.2) is 0 Å². The summed E-state index contributed by atoms with van der Waals surface area (Å²) in [6.07, 6.45) is 0. The van der Waals surface area contributed by atoms with E-state index in [-0.39, 0.29) is 0 Å². The van der Waals surface area contributed by atoms with Gasteiger partial charge in [0.05, 0.1) is 29.1 Å². The van der Waals surface area contributed by atoms with Crippen LogP contribution in [0.25, 0.3) is 0 Å². The van der Waals surface area contributed by atoms with Crippen LogP contribution in [0.3, 0.4) is 0 Å². The zero-order chi connectivity index (χ0) is 13.8. The molecule has 0 aliphatic carbocycles. The van der Waals surface area contributed by atoms with E-state index < -0.39 is 0 Å². The molecule has 0 saturated carbocycles. The van der Waals surface area contributed by atoms with Crippen LogP contribution in [0.15, 0.2) is 36.4 Å². The van der Waals surface area contributed by atoms with Crippen molar-refractivity contribution in [3.63, 3.8) is 0 Å². The molecular weight excluding hydrogens is 375 g/mol. The Labute approximate surface area is 130 Å². The molecule has 96 valence electrons. The molecule has 0 atom stereocenters. The largest absolute Gasteiger partial charge is 0.497 e. The van der Waals surface area contributed by atoms with Crippen molar-refractivity contribution in [2.45, 2.75) is 0 Å². The summed E-state index contributed by atoms with van der Waals surface area (Å²) in [7, 11) is 1.59. The van der Waals surface area contributed by atoms with Gasteiger partial charge in [-0.25, -0.2) is 0 Å². The van der Waals surface area contributed by atoms with Gasteiger partial charge in [0, 0.05) is 9.64 Å². The fourth-order valence-corrected chi connectivity index (χ4v) is 2.49. The van der Waals surface area contributed by atoms with Crippen LogP contribution in [0.4, 0.5) is 11.4 Å². The molecule has 0 unspecified atom stereocenters. The smallest absolute Gasteiger partial charge is 0.121 e. The van der Waals surface area contributed by atoms with Crippen molar-refractivity contribution in [2.75, 3.05) is 12.4 Å². The highest BCUT2D eigenvalue weighted by molar-refractivity contribution is 14.1. The number of nitrogens with zero attached hydrogens (tertiary/aromatic N) is 1. The Kier molecular flexibility index (Phi) is 4.51. The molecule has 0 radical (unpaired) electrons. The summed E-state index contributed by atoms with van der Waals surface area (Å²) < 4.78 is 6.21. The first-order valence-corrected chi connectivity index (χ1v) is 6.90. The van der Waals surface area contributed by atoms with Crippen molar-refractivity contribution in [3.8, 4) is 11.8 Å². The second-order valence-corrected chi connectivity index (χ2v) is 5.43. The molecule has 2 aromatic rings. The van der Waals surface area contributed by atoms with Gasteiger partial charge in [-0.2, -0.15) is 5.26 Å². The van der Waals surface area contributed by atoms with Crippen molar-refractivity contribution in [2.24, 2.45) is 0 Å². The first kappa shape index (κ1) is 14.0. The fourth-order valence-electron chi connectivity index (χ4n) is 1.59. The molecule has 3 nitrogen and oxygen atoms in total. The lowest BCUT2D eigenvalue weighted by molar-refractivity contribution is 0.415. The Balaban J connectivity index is 2.39. The van der Waals surface area contributed by atoms with E-state index in [1.54, 1.807) is 25.3 Å². The number of hydrogen-bond acceptors (Lipinski definition) is 3. The van der Waals surface area contributed by atoms with E-state index in [0.717, 1.165) is 9.26 Å². The number of rotatable bonds is 3. The van der Waals surface area contributed by atoms with E-state index in [0.29, 0.717) is 22.0 Å². The van der Waals surface area contributed by atoms with Crippen LogP contribution >= 0.6 is 34.2 Å². The third-order valence-corrected chi connectivity index (χ3v) is 3.53. The second-order valence-electron chi connectivity index (χ2n) is 3.77. The van der Waals surface area contributed by atoms with E-state index >= 15 is 0 Å². The van der Waals surface area contributed by atoms with Gasteiger partial charge < -0.3 is 10.1 Å². The van der Waals surface area contributed by atoms with E-state index in [4.69, 9.17) is 21.6 Å². The maximum atomic E-state index is 9.11. The van der Waals surface area contributed by atoms with E-state index in [1.807, 2.05) is 18.2 Å².